The first-order chi connectivity index (χ1) is 22.2. The lowest BCUT2D eigenvalue weighted by atomic mass is 10.1. The first kappa shape index (κ1) is 34.1. The summed E-state index contributed by atoms with van der Waals surface area (Å²) < 4.78 is 40.7. The third-order valence-electron chi connectivity index (χ3n) is 7.27. The summed E-state index contributed by atoms with van der Waals surface area (Å²) >= 11 is 17.8. The normalized spacial score (nSPS) is 24.0. The summed E-state index contributed by atoms with van der Waals surface area (Å²) in [4.78, 5) is 38.4. The summed E-state index contributed by atoms with van der Waals surface area (Å²) in [6, 6.07) is 18.8. The predicted octanol–water partition coefficient (Wildman–Crippen LogP) is 6.54. The van der Waals surface area contributed by atoms with E-state index in [0.717, 1.165) is 0 Å². The van der Waals surface area contributed by atoms with Crippen LogP contribution in [0.4, 0.5) is 0 Å². The van der Waals surface area contributed by atoms with Gasteiger partial charge in [0.25, 0.3) is 0 Å². The molecule has 2 fully saturated rings. The maximum absolute atomic E-state index is 12.9. The molecule has 0 saturated carbocycles. The second-order valence-corrected chi connectivity index (χ2v) is 11.8. The fraction of sp³-hybridized carbons (Fsp3) is 0.364. The Balaban J connectivity index is 1.23. The highest BCUT2D eigenvalue weighted by Crippen LogP contribution is 2.30. The molecule has 2 aliphatic heterocycles. The first-order valence-corrected chi connectivity index (χ1v) is 15.7. The van der Waals surface area contributed by atoms with Gasteiger partial charge in [-0.25, -0.2) is 14.4 Å². The van der Waals surface area contributed by atoms with Gasteiger partial charge in [0, 0.05) is 34.5 Å². The Morgan fingerprint density at radius 1 is 0.609 bits per heavy atom. The highest BCUT2D eigenvalue weighted by molar-refractivity contribution is 6.31. The molecule has 0 amide bonds. The molecule has 2 saturated heterocycles. The van der Waals surface area contributed by atoms with Crippen molar-refractivity contribution in [3.8, 4) is 0 Å². The Morgan fingerprint density at radius 2 is 1.00 bits per heavy atom. The highest BCUT2D eigenvalue weighted by atomic mass is 35.5. The second-order valence-electron chi connectivity index (χ2n) is 10.5. The van der Waals surface area contributed by atoms with Gasteiger partial charge in [0.1, 0.15) is 31.0 Å². The van der Waals surface area contributed by atoms with Gasteiger partial charge in [-0.2, -0.15) is 0 Å². The van der Waals surface area contributed by atoms with Gasteiger partial charge in [0.05, 0.1) is 23.3 Å². The van der Waals surface area contributed by atoms with Crippen LogP contribution in [0, 0.1) is 0 Å². The molecule has 0 N–H and O–H groups in total. The van der Waals surface area contributed by atoms with Gasteiger partial charge < -0.3 is 33.2 Å². The minimum absolute atomic E-state index is 0.0259. The van der Waals surface area contributed by atoms with Crippen molar-refractivity contribution in [2.24, 2.45) is 0 Å². The van der Waals surface area contributed by atoms with E-state index in [0.29, 0.717) is 39.2 Å². The molecule has 3 aromatic rings. The number of esters is 3. The molecule has 244 valence electrons. The molecular weight excluding hydrogens is 663 g/mol. The number of hydrogen-bond acceptors (Lipinski definition) is 10. The summed E-state index contributed by atoms with van der Waals surface area (Å²) in [7, 11) is 0. The van der Waals surface area contributed by atoms with E-state index in [2.05, 4.69) is 0 Å². The highest BCUT2D eigenvalue weighted by Gasteiger charge is 2.43. The van der Waals surface area contributed by atoms with E-state index >= 15 is 0 Å². The van der Waals surface area contributed by atoms with Gasteiger partial charge in [-0.15, -0.1) is 0 Å². The standard InChI is InChI=1S/C33H31Cl3O10/c1-2-40-29-15-25(45-32(38)20-5-11-23(35)12-6-20)27(43-29)17-41-30-16-26(46-33(39)21-7-13-24(36)14-8-21)28(44-30)18-42-31(37)19-3-9-22(34)10-4-19/h3-14,25-30H,2,15-18H2,1H3/t25-,26-,27+,28+,29-,30-/m0/s1. The molecule has 5 rings (SSSR count). The Bertz CT molecular complexity index is 1480. The van der Waals surface area contributed by atoms with Gasteiger partial charge in [0.15, 0.2) is 12.6 Å². The van der Waals surface area contributed by atoms with Crippen molar-refractivity contribution in [1.82, 2.24) is 0 Å². The molecule has 0 aliphatic carbocycles. The quantitative estimate of drug-likeness (QED) is 0.153. The molecule has 0 bridgehead atoms. The molecule has 6 atom stereocenters. The fourth-order valence-corrected chi connectivity index (χ4v) is 5.29. The lowest BCUT2D eigenvalue weighted by molar-refractivity contribution is -0.186. The topological polar surface area (TPSA) is 116 Å². The first-order valence-electron chi connectivity index (χ1n) is 14.6. The van der Waals surface area contributed by atoms with Gasteiger partial charge in [-0.05, 0) is 79.7 Å². The van der Waals surface area contributed by atoms with E-state index in [-0.39, 0.29) is 25.2 Å². The van der Waals surface area contributed by atoms with Gasteiger partial charge >= 0.3 is 17.9 Å². The van der Waals surface area contributed by atoms with Crippen molar-refractivity contribution < 1.29 is 47.5 Å². The van der Waals surface area contributed by atoms with E-state index in [9.17, 15) is 14.4 Å². The van der Waals surface area contributed by atoms with Crippen molar-refractivity contribution >= 4 is 52.7 Å². The third kappa shape index (κ3) is 9.19. The smallest absolute Gasteiger partial charge is 0.338 e. The number of benzene rings is 3. The Kier molecular flexibility index (Phi) is 11.9. The largest absolute Gasteiger partial charge is 0.459 e. The molecule has 10 nitrogen and oxygen atoms in total. The molecule has 3 aromatic carbocycles. The van der Waals surface area contributed by atoms with E-state index in [1.165, 1.54) is 12.1 Å². The van der Waals surface area contributed by atoms with Crippen molar-refractivity contribution in [3.63, 3.8) is 0 Å². The van der Waals surface area contributed by atoms with Crippen LogP contribution < -0.4 is 0 Å². The van der Waals surface area contributed by atoms with E-state index in [1.54, 1.807) is 60.7 Å². The summed E-state index contributed by atoms with van der Waals surface area (Å²) in [5, 5.41) is 1.44. The van der Waals surface area contributed by atoms with Crippen molar-refractivity contribution in [3.05, 3.63) is 105 Å². The van der Waals surface area contributed by atoms with Crippen LogP contribution in [0.3, 0.4) is 0 Å². The number of rotatable bonds is 12. The zero-order valence-corrected chi connectivity index (χ0v) is 26.9. The number of halogens is 3. The van der Waals surface area contributed by atoms with Crippen LogP contribution >= 0.6 is 34.8 Å². The SMILES string of the molecule is CCO[C@@H]1C[C@H](OC(=O)c2ccc(Cl)cc2)[C@@H](CO[C@@H]2C[C@H](OC(=O)c3ccc(Cl)cc3)[C@@H](COC(=O)c3ccc(Cl)cc3)O2)O1. The molecule has 0 radical (unpaired) electrons. The van der Waals surface area contributed by atoms with Crippen LogP contribution in [-0.2, 0) is 33.2 Å². The molecule has 0 aromatic heterocycles. The maximum Gasteiger partial charge on any atom is 0.338 e. The zero-order valence-electron chi connectivity index (χ0n) is 24.6. The Hall–Kier alpha value is -3.22. The molecule has 0 spiro atoms. The number of ether oxygens (including phenoxy) is 7. The summed E-state index contributed by atoms with van der Waals surface area (Å²) in [5.74, 6) is -1.74. The summed E-state index contributed by atoms with van der Waals surface area (Å²) in [6.45, 7) is 1.99. The number of hydrogen-bond donors (Lipinski definition) is 0. The minimum atomic E-state index is -0.857. The molecule has 2 aliphatic rings. The van der Waals surface area contributed by atoms with Crippen molar-refractivity contribution in [2.45, 2.75) is 56.8 Å². The van der Waals surface area contributed by atoms with Gasteiger partial charge in [-0.1, -0.05) is 34.8 Å². The van der Waals surface area contributed by atoms with Gasteiger partial charge in [-0.3, -0.25) is 0 Å². The van der Waals surface area contributed by atoms with Crippen LogP contribution in [0.25, 0.3) is 0 Å². The van der Waals surface area contributed by atoms with Crippen LogP contribution in [0.15, 0.2) is 72.8 Å². The van der Waals surface area contributed by atoms with Crippen molar-refractivity contribution in [2.75, 3.05) is 19.8 Å². The fourth-order valence-electron chi connectivity index (χ4n) is 4.91. The predicted molar refractivity (Wildman–Crippen MR) is 167 cm³/mol. The van der Waals surface area contributed by atoms with Gasteiger partial charge in [0.2, 0.25) is 0 Å². The lowest BCUT2D eigenvalue weighted by Gasteiger charge is -2.21. The lowest BCUT2D eigenvalue weighted by Crippen LogP contribution is -2.33. The average molecular weight is 694 g/mol. The van der Waals surface area contributed by atoms with Crippen LogP contribution in [-0.4, -0.2) is 74.7 Å². The third-order valence-corrected chi connectivity index (χ3v) is 8.02. The average Bonchev–Trinajstić information content (AvgIpc) is 3.62. The Morgan fingerprint density at radius 3 is 1.43 bits per heavy atom. The monoisotopic (exact) mass is 692 g/mol. The summed E-state index contributed by atoms with van der Waals surface area (Å²) in [6.07, 6.45) is -4.01. The molecule has 2 heterocycles. The van der Waals surface area contributed by atoms with Crippen LogP contribution in [0.5, 0.6) is 0 Å². The second kappa shape index (κ2) is 16.1. The van der Waals surface area contributed by atoms with E-state index < -0.39 is 54.9 Å². The molecule has 0 unspecified atom stereocenters. The van der Waals surface area contributed by atoms with Crippen LogP contribution in [0.2, 0.25) is 15.1 Å². The summed E-state index contributed by atoms with van der Waals surface area (Å²) in [5.41, 5.74) is 0.924. The zero-order chi connectivity index (χ0) is 32.6. The van der Waals surface area contributed by atoms with E-state index in [1.807, 2.05) is 6.92 Å². The molecular formula is C33H31Cl3O10. The van der Waals surface area contributed by atoms with Crippen LogP contribution in [0.1, 0.15) is 50.8 Å². The van der Waals surface area contributed by atoms with Crippen molar-refractivity contribution in [1.29, 1.82) is 0 Å². The minimum Gasteiger partial charge on any atom is -0.459 e. The maximum atomic E-state index is 12.9. The number of carbonyl (C=O) groups is 3. The van der Waals surface area contributed by atoms with E-state index in [4.69, 9.17) is 68.0 Å². The molecule has 13 heteroatoms. The Labute approximate surface area is 280 Å². The molecule has 46 heavy (non-hydrogen) atoms. The number of carbonyl (C=O) groups excluding carboxylic acids is 3.